The van der Waals surface area contributed by atoms with Gasteiger partial charge in [0.25, 0.3) is 0 Å². The average Bonchev–Trinajstić information content (AvgIpc) is 2.10. The van der Waals surface area contributed by atoms with E-state index in [1.165, 1.54) is 0 Å². The minimum absolute atomic E-state index is 0.0488. The summed E-state index contributed by atoms with van der Waals surface area (Å²) in [5, 5.41) is 2.75. The van der Waals surface area contributed by atoms with Gasteiger partial charge in [-0.15, -0.1) is 6.58 Å². The maximum absolute atomic E-state index is 11.6. The van der Waals surface area contributed by atoms with Gasteiger partial charge in [-0.1, -0.05) is 26.8 Å². The van der Waals surface area contributed by atoms with Crippen molar-refractivity contribution in [3.05, 3.63) is 12.7 Å². The molecule has 0 unspecified atom stereocenters. The Kier molecular flexibility index (Phi) is 4.68. The normalized spacial score (nSPS) is 13.2. The Morgan fingerprint density at radius 1 is 1.57 bits per heavy atom. The first-order valence-electron chi connectivity index (χ1n) is 4.92. The molecule has 3 nitrogen and oxygen atoms in total. The molecular weight excluding hydrogens is 176 g/mol. The summed E-state index contributed by atoms with van der Waals surface area (Å²) >= 11 is 0. The molecule has 0 aliphatic rings. The van der Waals surface area contributed by atoms with E-state index in [0.29, 0.717) is 6.54 Å². The molecule has 1 atom stereocenters. The number of carbonyl (C=O) groups excluding carboxylic acids is 1. The van der Waals surface area contributed by atoms with Gasteiger partial charge in [0, 0.05) is 19.6 Å². The number of rotatable bonds is 3. The number of hydrogen-bond acceptors (Lipinski definition) is 1. The average molecular weight is 198 g/mol. The van der Waals surface area contributed by atoms with Crippen LogP contribution >= 0.6 is 0 Å². The summed E-state index contributed by atoms with van der Waals surface area (Å²) in [6.45, 7) is 12.5. The maximum Gasteiger partial charge on any atom is 0.317 e. The highest BCUT2D eigenvalue weighted by atomic mass is 16.2. The van der Waals surface area contributed by atoms with E-state index in [1.807, 2.05) is 14.0 Å². The molecule has 0 saturated heterocycles. The zero-order valence-corrected chi connectivity index (χ0v) is 9.92. The van der Waals surface area contributed by atoms with Crippen LogP contribution in [0.15, 0.2) is 12.7 Å². The van der Waals surface area contributed by atoms with E-state index in [1.54, 1.807) is 11.0 Å². The Bertz CT molecular complexity index is 206. The van der Waals surface area contributed by atoms with Crippen molar-refractivity contribution in [3.8, 4) is 0 Å². The van der Waals surface area contributed by atoms with Crippen LogP contribution in [-0.2, 0) is 0 Å². The predicted molar refractivity (Wildman–Crippen MR) is 60.3 cm³/mol. The molecule has 0 aliphatic carbocycles. The number of nitrogens with one attached hydrogen (secondary N) is 1. The predicted octanol–water partition coefficient (Wildman–Crippen LogP) is 2.25. The molecule has 0 aromatic rings. The van der Waals surface area contributed by atoms with Crippen LogP contribution in [-0.4, -0.2) is 30.6 Å². The van der Waals surface area contributed by atoms with E-state index in [4.69, 9.17) is 0 Å². The Hall–Kier alpha value is -0.990. The summed E-state index contributed by atoms with van der Waals surface area (Å²) < 4.78 is 0. The van der Waals surface area contributed by atoms with Crippen molar-refractivity contribution >= 4 is 6.03 Å². The molecule has 0 saturated carbocycles. The number of hydrogen-bond donors (Lipinski definition) is 1. The minimum atomic E-state index is -0.0488. The Morgan fingerprint density at radius 2 is 2.07 bits per heavy atom. The van der Waals surface area contributed by atoms with Gasteiger partial charge in [0.05, 0.1) is 0 Å². The van der Waals surface area contributed by atoms with E-state index in [2.05, 4.69) is 32.7 Å². The van der Waals surface area contributed by atoms with Gasteiger partial charge in [-0.25, -0.2) is 4.79 Å². The third kappa shape index (κ3) is 3.81. The molecule has 1 N–H and O–H groups in total. The van der Waals surface area contributed by atoms with Gasteiger partial charge in [0.15, 0.2) is 0 Å². The molecule has 0 radical (unpaired) electrons. The van der Waals surface area contributed by atoms with Crippen molar-refractivity contribution in [2.24, 2.45) is 5.41 Å². The largest absolute Gasteiger partial charge is 0.335 e. The molecule has 2 amide bonds. The molecule has 0 rings (SSSR count). The fraction of sp³-hybridized carbons (Fsp3) is 0.727. The molecule has 3 heteroatoms. The van der Waals surface area contributed by atoms with Gasteiger partial charge in [0.1, 0.15) is 0 Å². The Balaban J connectivity index is 4.24. The molecule has 0 fully saturated rings. The van der Waals surface area contributed by atoms with Crippen LogP contribution < -0.4 is 5.32 Å². The molecule has 0 aromatic carbocycles. The maximum atomic E-state index is 11.6. The van der Waals surface area contributed by atoms with Crippen LogP contribution in [0.2, 0.25) is 0 Å². The lowest BCUT2D eigenvalue weighted by Gasteiger charge is -2.35. The van der Waals surface area contributed by atoms with Gasteiger partial charge in [-0.05, 0) is 12.3 Å². The molecule has 0 aromatic heterocycles. The second-order valence-electron chi connectivity index (χ2n) is 4.63. The number of carbonyl (C=O) groups is 1. The smallest absolute Gasteiger partial charge is 0.317 e. The molecule has 82 valence electrons. The van der Waals surface area contributed by atoms with Crippen molar-refractivity contribution in [1.29, 1.82) is 0 Å². The SMILES string of the molecule is C=CCNC(=O)N(C)[C@@H](C)C(C)(C)C. The molecule has 14 heavy (non-hydrogen) atoms. The van der Waals surface area contributed by atoms with E-state index in [9.17, 15) is 4.79 Å². The van der Waals surface area contributed by atoms with Crippen LogP contribution in [0, 0.1) is 5.41 Å². The molecule has 0 aliphatic heterocycles. The zero-order chi connectivity index (χ0) is 11.4. The van der Waals surface area contributed by atoms with Crippen LogP contribution in [0.4, 0.5) is 4.79 Å². The summed E-state index contributed by atoms with van der Waals surface area (Å²) in [6.07, 6.45) is 1.67. The second kappa shape index (κ2) is 5.03. The van der Waals surface area contributed by atoms with Crippen molar-refractivity contribution in [2.75, 3.05) is 13.6 Å². The molecular formula is C11H22N2O. The minimum Gasteiger partial charge on any atom is -0.335 e. The standard InChI is InChI=1S/C11H22N2O/c1-7-8-12-10(14)13(6)9(2)11(3,4)5/h7,9H,1,8H2,2-6H3,(H,12,14)/t9-/m0/s1. The monoisotopic (exact) mass is 198 g/mol. The van der Waals surface area contributed by atoms with Crippen molar-refractivity contribution < 1.29 is 4.79 Å². The fourth-order valence-electron chi connectivity index (χ4n) is 1.04. The van der Waals surface area contributed by atoms with Crippen LogP contribution in [0.3, 0.4) is 0 Å². The lowest BCUT2D eigenvalue weighted by molar-refractivity contribution is 0.147. The summed E-state index contributed by atoms with van der Waals surface area (Å²) in [4.78, 5) is 13.3. The second-order valence-corrected chi connectivity index (χ2v) is 4.63. The van der Waals surface area contributed by atoms with E-state index in [0.717, 1.165) is 0 Å². The quantitative estimate of drug-likeness (QED) is 0.693. The third-order valence-corrected chi connectivity index (χ3v) is 2.55. The van der Waals surface area contributed by atoms with Gasteiger partial charge >= 0.3 is 6.03 Å². The highest BCUT2D eigenvalue weighted by Gasteiger charge is 2.26. The van der Waals surface area contributed by atoms with Crippen molar-refractivity contribution in [2.45, 2.75) is 33.7 Å². The molecule has 0 bridgehead atoms. The number of amides is 2. The van der Waals surface area contributed by atoms with Gasteiger partial charge < -0.3 is 10.2 Å². The zero-order valence-electron chi connectivity index (χ0n) is 9.92. The van der Waals surface area contributed by atoms with E-state index in [-0.39, 0.29) is 17.5 Å². The third-order valence-electron chi connectivity index (χ3n) is 2.55. The highest BCUT2D eigenvalue weighted by molar-refractivity contribution is 5.74. The van der Waals surface area contributed by atoms with Crippen LogP contribution in [0.5, 0.6) is 0 Å². The van der Waals surface area contributed by atoms with Crippen LogP contribution in [0.1, 0.15) is 27.7 Å². The van der Waals surface area contributed by atoms with Crippen molar-refractivity contribution in [3.63, 3.8) is 0 Å². The first kappa shape index (κ1) is 13.0. The Labute approximate surface area is 87.2 Å². The topological polar surface area (TPSA) is 32.3 Å². The van der Waals surface area contributed by atoms with Gasteiger partial charge in [0.2, 0.25) is 0 Å². The van der Waals surface area contributed by atoms with Gasteiger partial charge in [-0.3, -0.25) is 0 Å². The van der Waals surface area contributed by atoms with E-state index < -0.39 is 0 Å². The molecule has 0 spiro atoms. The Morgan fingerprint density at radius 3 is 2.43 bits per heavy atom. The first-order valence-corrected chi connectivity index (χ1v) is 4.92. The summed E-state index contributed by atoms with van der Waals surface area (Å²) in [5.74, 6) is 0. The summed E-state index contributed by atoms with van der Waals surface area (Å²) in [6, 6.07) is 0.152. The van der Waals surface area contributed by atoms with Crippen LogP contribution in [0.25, 0.3) is 0 Å². The summed E-state index contributed by atoms with van der Waals surface area (Å²) in [5.41, 5.74) is 0.0975. The first-order chi connectivity index (χ1) is 6.30. The lowest BCUT2D eigenvalue weighted by atomic mass is 9.87. The van der Waals surface area contributed by atoms with Gasteiger partial charge in [-0.2, -0.15) is 0 Å². The lowest BCUT2D eigenvalue weighted by Crippen LogP contribution is -2.47. The number of nitrogens with zero attached hydrogens (tertiary/aromatic N) is 1. The number of urea groups is 1. The van der Waals surface area contributed by atoms with Crippen molar-refractivity contribution in [1.82, 2.24) is 10.2 Å². The highest BCUT2D eigenvalue weighted by Crippen LogP contribution is 2.22. The summed E-state index contributed by atoms with van der Waals surface area (Å²) in [7, 11) is 1.81. The molecule has 0 heterocycles. The van der Waals surface area contributed by atoms with E-state index >= 15 is 0 Å². The fourth-order valence-corrected chi connectivity index (χ4v) is 1.04.